The minimum absolute atomic E-state index is 0.337. The van der Waals surface area contributed by atoms with Crippen LogP contribution in [0.25, 0.3) is 0 Å². The largest absolute Gasteiger partial charge is 0.303 e. The van der Waals surface area contributed by atoms with E-state index < -0.39 is 0 Å². The monoisotopic (exact) mass is 277 g/mol. The van der Waals surface area contributed by atoms with Crippen molar-refractivity contribution in [1.82, 2.24) is 10.2 Å². The summed E-state index contributed by atoms with van der Waals surface area (Å²) in [5.41, 5.74) is -0.337. The standard InChI is InChI=1S/C17H31N3/c1-17(14-18,19-2)11-5-6-12-20-13-7-10-16(20)15-8-3-4-9-15/h15-16,19H,3-13H2,1-2H3. The third kappa shape index (κ3) is 3.96. The first-order chi connectivity index (χ1) is 9.68. The van der Waals surface area contributed by atoms with Crippen LogP contribution in [0.15, 0.2) is 0 Å². The predicted molar refractivity (Wildman–Crippen MR) is 83.5 cm³/mol. The Morgan fingerprint density at radius 3 is 2.60 bits per heavy atom. The van der Waals surface area contributed by atoms with Crippen LogP contribution < -0.4 is 5.32 Å². The number of hydrogen-bond acceptors (Lipinski definition) is 3. The van der Waals surface area contributed by atoms with E-state index in [1.165, 1.54) is 58.0 Å². The van der Waals surface area contributed by atoms with Crippen molar-refractivity contribution in [2.24, 2.45) is 5.92 Å². The summed E-state index contributed by atoms with van der Waals surface area (Å²) < 4.78 is 0. The maximum Gasteiger partial charge on any atom is 0.103 e. The average molecular weight is 277 g/mol. The molecule has 0 aromatic heterocycles. The highest BCUT2D eigenvalue weighted by atomic mass is 15.2. The Labute approximate surface area is 124 Å². The second-order valence-electron chi connectivity index (χ2n) is 6.94. The van der Waals surface area contributed by atoms with Crippen molar-refractivity contribution in [1.29, 1.82) is 5.26 Å². The minimum atomic E-state index is -0.337. The molecule has 2 atom stereocenters. The summed E-state index contributed by atoms with van der Waals surface area (Å²) in [5, 5.41) is 12.3. The van der Waals surface area contributed by atoms with E-state index in [9.17, 15) is 0 Å². The van der Waals surface area contributed by atoms with Crippen LogP contribution in [0, 0.1) is 17.2 Å². The number of likely N-dealkylation sites (tertiary alicyclic amines) is 1. The van der Waals surface area contributed by atoms with Crippen LogP contribution in [0.2, 0.25) is 0 Å². The van der Waals surface area contributed by atoms with Gasteiger partial charge in [0.25, 0.3) is 0 Å². The maximum absolute atomic E-state index is 9.16. The van der Waals surface area contributed by atoms with Crippen molar-refractivity contribution in [3.8, 4) is 6.07 Å². The smallest absolute Gasteiger partial charge is 0.103 e. The second-order valence-corrected chi connectivity index (χ2v) is 6.94. The first-order valence-electron chi connectivity index (χ1n) is 8.53. The number of hydrogen-bond donors (Lipinski definition) is 1. The SMILES string of the molecule is CNC(C)(C#N)CCCCN1CCCC1C1CCCC1. The topological polar surface area (TPSA) is 39.1 Å². The Morgan fingerprint density at radius 2 is 1.95 bits per heavy atom. The molecule has 1 aliphatic carbocycles. The first kappa shape index (κ1) is 15.8. The summed E-state index contributed by atoms with van der Waals surface area (Å²) in [4.78, 5) is 2.75. The van der Waals surface area contributed by atoms with Gasteiger partial charge in [-0.1, -0.05) is 12.8 Å². The summed E-state index contributed by atoms with van der Waals surface area (Å²) in [6.45, 7) is 4.55. The van der Waals surface area contributed by atoms with Crippen LogP contribution in [0.3, 0.4) is 0 Å². The molecule has 0 aromatic rings. The molecule has 0 spiro atoms. The summed E-state index contributed by atoms with van der Waals surface area (Å²) in [7, 11) is 1.89. The van der Waals surface area contributed by atoms with Gasteiger partial charge in [-0.15, -0.1) is 0 Å². The van der Waals surface area contributed by atoms with Crippen molar-refractivity contribution in [2.45, 2.75) is 76.3 Å². The molecule has 1 saturated carbocycles. The van der Waals surface area contributed by atoms with E-state index in [0.29, 0.717) is 0 Å². The lowest BCUT2D eigenvalue weighted by Gasteiger charge is -2.29. The van der Waals surface area contributed by atoms with Gasteiger partial charge in [-0.25, -0.2) is 0 Å². The lowest BCUT2D eigenvalue weighted by molar-refractivity contribution is 0.186. The Hall–Kier alpha value is -0.590. The van der Waals surface area contributed by atoms with E-state index in [-0.39, 0.29) is 5.54 Å². The summed E-state index contributed by atoms with van der Waals surface area (Å²) >= 11 is 0. The fourth-order valence-corrected chi connectivity index (χ4v) is 4.04. The molecule has 2 unspecified atom stereocenters. The van der Waals surface area contributed by atoms with Crippen LogP contribution in [-0.2, 0) is 0 Å². The molecule has 2 rings (SSSR count). The molecule has 1 N–H and O–H groups in total. The van der Waals surface area contributed by atoms with Gasteiger partial charge in [-0.2, -0.15) is 5.26 Å². The van der Waals surface area contributed by atoms with Crippen molar-refractivity contribution in [2.75, 3.05) is 20.1 Å². The Bertz CT molecular complexity index is 330. The van der Waals surface area contributed by atoms with Crippen LogP contribution in [-0.4, -0.2) is 36.6 Å². The van der Waals surface area contributed by atoms with Crippen molar-refractivity contribution < 1.29 is 0 Å². The summed E-state index contributed by atoms with van der Waals surface area (Å²) in [5.74, 6) is 0.985. The van der Waals surface area contributed by atoms with Gasteiger partial charge >= 0.3 is 0 Å². The van der Waals surface area contributed by atoms with E-state index in [1.807, 2.05) is 14.0 Å². The van der Waals surface area contributed by atoms with Crippen LogP contribution >= 0.6 is 0 Å². The van der Waals surface area contributed by atoms with Gasteiger partial charge < -0.3 is 10.2 Å². The van der Waals surface area contributed by atoms with Gasteiger partial charge in [0, 0.05) is 6.04 Å². The average Bonchev–Trinajstić information content (AvgIpc) is 3.13. The van der Waals surface area contributed by atoms with Gasteiger partial charge in [0.2, 0.25) is 0 Å². The van der Waals surface area contributed by atoms with Gasteiger partial charge in [0.1, 0.15) is 5.54 Å². The lowest BCUT2D eigenvalue weighted by atomic mass is 9.95. The molecular weight excluding hydrogens is 246 g/mol. The number of rotatable bonds is 7. The quantitative estimate of drug-likeness (QED) is 0.726. The van der Waals surface area contributed by atoms with Crippen LogP contribution in [0.1, 0.15) is 64.7 Å². The molecule has 0 aromatic carbocycles. The van der Waals surface area contributed by atoms with Gasteiger partial charge in [-0.05, 0) is 77.9 Å². The first-order valence-corrected chi connectivity index (χ1v) is 8.53. The van der Waals surface area contributed by atoms with Crippen LogP contribution in [0.4, 0.5) is 0 Å². The molecule has 2 fully saturated rings. The Balaban J connectivity index is 1.69. The highest BCUT2D eigenvalue weighted by Gasteiger charge is 2.32. The predicted octanol–water partition coefficient (Wildman–Crippen LogP) is 3.31. The van der Waals surface area contributed by atoms with E-state index >= 15 is 0 Å². The van der Waals surface area contributed by atoms with Gasteiger partial charge in [0.15, 0.2) is 0 Å². The third-order valence-corrected chi connectivity index (χ3v) is 5.53. The van der Waals surface area contributed by atoms with E-state index in [0.717, 1.165) is 24.8 Å². The van der Waals surface area contributed by atoms with E-state index in [1.54, 1.807) is 0 Å². The third-order valence-electron chi connectivity index (χ3n) is 5.53. The summed E-state index contributed by atoms with van der Waals surface area (Å²) in [6.07, 6.45) is 12.0. The zero-order valence-corrected chi connectivity index (χ0v) is 13.3. The molecule has 1 saturated heterocycles. The van der Waals surface area contributed by atoms with E-state index in [2.05, 4.69) is 16.3 Å². The molecule has 0 bridgehead atoms. The molecule has 1 aliphatic heterocycles. The summed E-state index contributed by atoms with van der Waals surface area (Å²) in [6, 6.07) is 3.26. The molecular formula is C17H31N3. The van der Waals surface area contributed by atoms with E-state index in [4.69, 9.17) is 5.26 Å². The number of unbranched alkanes of at least 4 members (excludes halogenated alkanes) is 1. The zero-order chi connectivity index (χ0) is 14.4. The highest BCUT2D eigenvalue weighted by molar-refractivity contribution is 5.02. The molecule has 2 aliphatic rings. The molecule has 3 nitrogen and oxygen atoms in total. The fourth-order valence-electron chi connectivity index (χ4n) is 4.04. The molecule has 1 heterocycles. The molecule has 0 amide bonds. The molecule has 114 valence electrons. The Morgan fingerprint density at radius 1 is 1.20 bits per heavy atom. The Kier molecular flexibility index (Phi) is 5.86. The number of nitrogens with zero attached hydrogens (tertiary/aromatic N) is 2. The van der Waals surface area contributed by atoms with Gasteiger partial charge in [-0.3, -0.25) is 0 Å². The molecule has 20 heavy (non-hydrogen) atoms. The minimum Gasteiger partial charge on any atom is -0.303 e. The lowest BCUT2D eigenvalue weighted by Crippen LogP contribution is -2.38. The maximum atomic E-state index is 9.16. The van der Waals surface area contributed by atoms with Crippen molar-refractivity contribution in [3.63, 3.8) is 0 Å². The second kappa shape index (κ2) is 7.43. The van der Waals surface area contributed by atoms with Gasteiger partial charge in [0.05, 0.1) is 6.07 Å². The number of nitrogens with one attached hydrogen (secondary N) is 1. The fraction of sp³-hybridized carbons (Fsp3) is 0.941. The number of nitriles is 1. The van der Waals surface area contributed by atoms with Crippen molar-refractivity contribution >= 4 is 0 Å². The van der Waals surface area contributed by atoms with Crippen molar-refractivity contribution in [3.05, 3.63) is 0 Å². The van der Waals surface area contributed by atoms with Crippen LogP contribution in [0.5, 0.6) is 0 Å². The molecule has 3 heteroatoms. The zero-order valence-electron chi connectivity index (χ0n) is 13.3. The normalized spacial score (nSPS) is 27.6. The highest BCUT2D eigenvalue weighted by Crippen LogP contribution is 2.35. The molecule has 0 radical (unpaired) electrons.